The summed E-state index contributed by atoms with van der Waals surface area (Å²) in [5.41, 5.74) is 0. The quantitative estimate of drug-likeness (QED) is 0.605. The zero-order valence-electron chi connectivity index (χ0n) is 10.3. The minimum atomic E-state index is -0.833. The smallest absolute Gasteiger partial charge is 0.300 e. The lowest BCUT2D eigenvalue weighted by Gasteiger charge is -2.46. The highest BCUT2D eigenvalue weighted by molar-refractivity contribution is 5.62. The highest BCUT2D eigenvalue weighted by Crippen LogP contribution is 2.37. The third kappa shape index (κ3) is 2.97. The molecule has 2 bridgehead atoms. The van der Waals surface area contributed by atoms with Crippen molar-refractivity contribution in [3.8, 4) is 0 Å². The number of aliphatic hydroxyl groups is 1. The van der Waals surface area contributed by atoms with Gasteiger partial charge in [-0.1, -0.05) is 0 Å². The predicted octanol–water partition coefficient (Wildman–Crippen LogP) is 0.0368. The van der Waals surface area contributed by atoms with Gasteiger partial charge < -0.3 is 15.5 Å². The topological polar surface area (TPSA) is 72.8 Å². The number of aliphatic hydroxyl groups excluding tert-OH is 1. The van der Waals surface area contributed by atoms with Gasteiger partial charge in [-0.2, -0.15) is 0 Å². The largest absolute Gasteiger partial charge is 0.481 e. The minimum absolute atomic E-state index is 0.0122. The summed E-state index contributed by atoms with van der Waals surface area (Å²) in [5, 5.41) is 20.4. The van der Waals surface area contributed by atoms with Gasteiger partial charge in [-0.3, -0.25) is 9.69 Å². The molecule has 0 spiro atoms. The maximum absolute atomic E-state index is 9.64. The van der Waals surface area contributed by atoms with Gasteiger partial charge in [0.2, 0.25) is 0 Å². The first kappa shape index (κ1) is 12.8. The van der Waals surface area contributed by atoms with Crippen LogP contribution in [-0.2, 0) is 4.79 Å². The highest BCUT2D eigenvalue weighted by Gasteiger charge is 2.44. The van der Waals surface area contributed by atoms with Crippen LogP contribution in [0.5, 0.6) is 0 Å². The molecule has 98 valence electrons. The van der Waals surface area contributed by atoms with Crippen LogP contribution in [-0.4, -0.2) is 58.4 Å². The molecule has 5 nitrogen and oxygen atoms in total. The predicted molar refractivity (Wildman–Crippen MR) is 63.9 cm³/mol. The van der Waals surface area contributed by atoms with E-state index in [1.54, 1.807) is 0 Å². The molecule has 3 N–H and O–H groups in total. The van der Waals surface area contributed by atoms with Crippen LogP contribution in [0.1, 0.15) is 32.6 Å². The van der Waals surface area contributed by atoms with Gasteiger partial charge in [-0.05, 0) is 25.7 Å². The van der Waals surface area contributed by atoms with E-state index in [1.807, 2.05) is 0 Å². The second-order valence-corrected chi connectivity index (χ2v) is 5.29. The number of hydrogen-bond acceptors (Lipinski definition) is 4. The summed E-state index contributed by atoms with van der Waals surface area (Å²) in [6.45, 7) is 3.42. The van der Waals surface area contributed by atoms with Crippen molar-refractivity contribution in [1.29, 1.82) is 0 Å². The van der Waals surface area contributed by atoms with Gasteiger partial charge in [-0.25, -0.2) is 0 Å². The summed E-state index contributed by atoms with van der Waals surface area (Å²) in [5.74, 6) is -0.833. The molecule has 0 aliphatic carbocycles. The summed E-state index contributed by atoms with van der Waals surface area (Å²) >= 11 is 0. The first-order chi connectivity index (χ1) is 8.08. The number of rotatable bonds is 1. The molecular weight excluding hydrogens is 220 g/mol. The first-order valence-corrected chi connectivity index (χ1v) is 6.43. The molecular formula is C12H22N2O3. The van der Waals surface area contributed by atoms with Crippen LogP contribution in [0.25, 0.3) is 0 Å². The number of hydrogen-bond donors (Lipinski definition) is 3. The molecule has 0 aromatic carbocycles. The van der Waals surface area contributed by atoms with Crippen molar-refractivity contribution in [2.45, 2.75) is 56.8 Å². The number of nitrogens with zero attached hydrogens (tertiary/aromatic N) is 1. The molecule has 3 saturated heterocycles. The fourth-order valence-electron chi connectivity index (χ4n) is 3.27. The molecule has 0 amide bonds. The van der Waals surface area contributed by atoms with Crippen LogP contribution in [0.3, 0.4) is 0 Å². The van der Waals surface area contributed by atoms with Gasteiger partial charge in [0.05, 0.1) is 6.10 Å². The number of nitrogens with one attached hydrogen (secondary N) is 1. The van der Waals surface area contributed by atoms with E-state index in [2.05, 4.69) is 10.2 Å². The Kier molecular flexibility index (Phi) is 4.01. The Labute approximate surface area is 102 Å². The maximum Gasteiger partial charge on any atom is 0.300 e. The van der Waals surface area contributed by atoms with E-state index in [-0.39, 0.29) is 6.10 Å². The third-order valence-electron chi connectivity index (χ3n) is 3.95. The molecule has 2 atom stereocenters. The van der Waals surface area contributed by atoms with E-state index in [0.29, 0.717) is 12.1 Å². The van der Waals surface area contributed by atoms with Gasteiger partial charge in [0.15, 0.2) is 0 Å². The van der Waals surface area contributed by atoms with E-state index in [9.17, 15) is 5.11 Å². The maximum atomic E-state index is 9.64. The Morgan fingerprint density at radius 3 is 2.00 bits per heavy atom. The molecule has 0 aromatic rings. The zero-order chi connectivity index (χ0) is 12.4. The molecule has 2 unspecified atom stereocenters. The van der Waals surface area contributed by atoms with Gasteiger partial charge >= 0.3 is 0 Å². The summed E-state index contributed by atoms with van der Waals surface area (Å²) < 4.78 is 0. The SMILES string of the molecule is CC(=O)O.OC1CC2CCC(C1)N2C1CNC1. The average molecular weight is 242 g/mol. The number of fused-ring (bicyclic) bond motifs is 2. The number of piperidine rings is 1. The van der Waals surface area contributed by atoms with Crippen molar-refractivity contribution in [3.63, 3.8) is 0 Å². The molecule has 3 rings (SSSR count). The van der Waals surface area contributed by atoms with Crippen molar-refractivity contribution < 1.29 is 15.0 Å². The zero-order valence-corrected chi connectivity index (χ0v) is 10.3. The Bertz CT molecular complexity index is 263. The summed E-state index contributed by atoms with van der Waals surface area (Å²) in [4.78, 5) is 11.7. The van der Waals surface area contributed by atoms with Crippen molar-refractivity contribution in [2.24, 2.45) is 0 Å². The van der Waals surface area contributed by atoms with Crippen LogP contribution in [0.15, 0.2) is 0 Å². The number of aliphatic carboxylic acids is 1. The molecule has 0 aromatic heterocycles. The van der Waals surface area contributed by atoms with E-state index in [0.717, 1.165) is 25.8 Å². The molecule has 5 heteroatoms. The summed E-state index contributed by atoms with van der Waals surface area (Å²) in [6.07, 6.45) is 4.66. The summed E-state index contributed by atoms with van der Waals surface area (Å²) in [7, 11) is 0. The van der Waals surface area contributed by atoms with Gasteiger partial charge in [-0.15, -0.1) is 0 Å². The number of carboxylic acids is 1. The Morgan fingerprint density at radius 1 is 1.18 bits per heavy atom. The Hall–Kier alpha value is -0.650. The van der Waals surface area contributed by atoms with Gasteiger partial charge in [0.1, 0.15) is 0 Å². The second-order valence-electron chi connectivity index (χ2n) is 5.29. The van der Waals surface area contributed by atoms with Gasteiger partial charge in [0.25, 0.3) is 5.97 Å². The normalized spacial score (nSPS) is 36.9. The minimum Gasteiger partial charge on any atom is -0.481 e. The Morgan fingerprint density at radius 2 is 1.65 bits per heavy atom. The molecule has 3 fully saturated rings. The van der Waals surface area contributed by atoms with Crippen LogP contribution >= 0.6 is 0 Å². The molecule has 3 heterocycles. The molecule has 0 radical (unpaired) electrons. The Balaban J connectivity index is 0.000000239. The van der Waals surface area contributed by atoms with E-state index >= 15 is 0 Å². The molecule has 17 heavy (non-hydrogen) atoms. The van der Waals surface area contributed by atoms with Crippen molar-refractivity contribution in [3.05, 3.63) is 0 Å². The molecule has 3 aliphatic heterocycles. The second kappa shape index (κ2) is 5.33. The van der Waals surface area contributed by atoms with Crippen molar-refractivity contribution >= 4 is 5.97 Å². The third-order valence-corrected chi connectivity index (χ3v) is 3.95. The lowest BCUT2D eigenvalue weighted by molar-refractivity contribution is -0.134. The van der Waals surface area contributed by atoms with Crippen LogP contribution in [0.4, 0.5) is 0 Å². The fraction of sp³-hybridized carbons (Fsp3) is 0.917. The van der Waals surface area contributed by atoms with Crippen LogP contribution in [0.2, 0.25) is 0 Å². The van der Waals surface area contributed by atoms with E-state index in [1.165, 1.54) is 25.9 Å². The van der Waals surface area contributed by atoms with Crippen LogP contribution < -0.4 is 5.32 Å². The molecule has 3 aliphatic rings. The fourth-order valence-corrected chi connectivity index (χ4v) is 3.27. The van der Waals surface area contributed by atoms with E-state index < -0.39 is 5.97 Å². The van der Waals surface area contributed by atoms with E-state index in [4.69, 9.17) is 9.90 Å². The lowest BCUT2D eigenvalue weighted by atomic mass is 9.96. The van der Waals surface area contributed by atoms with Gasteiger partial charge in [0, 0.05) is 38.1 Å². The lowest BCUT2D eigenvalue weighted by Crippen LogP contribution is -2.62. The monoisotopic (exact) mass is 242 g/mol. The van der Waals surface area contributed by atoms with Crippen molar-refractivity contribution in [1.82, 2.24) is 10.2 Å². The number of carbonyl (C=O) groups is 1. The van der Waals surface area contributed by atoms with Crippen molar-refractivity contribution in [2.75, 3.05) is 13.1 Å². The average Bonchev–Trinajstić information content (AvgIpc) is 2.42. The standard InChI is InChI=1S/C10H18N2O.C2H4O2/c13-10-3-7-1-2-8(4-10)12(7)9-5-11-6-9;1-2(3)4/h7-11,13H,1-6H2;1H3,(H,3,4). The highest BCUT2D eigenvalue weighted by atomic mass is 16.4. The number of carboxylic acid groups (broad SMARTS) is 1. The van der Waals surface area contributed by atoms with Crippen LogP contribution in [0, 0.1) is 0 Å². The first-order valence-electron chi connectivity index (χ1n) is 6.43. The summed E-state index contributed by atoms with van der Waals surface area (Å²) in [6, 6.07) is 2.17. The molecule has 0 saturated carbocycles.